The van der Waals surface area contributed by atoms with E-state index in [9.17, 15) is 13.2 Å². The minimum Gasteiger partial charge on any atom is -0.497 e. The highest BCUT2D eigenvalue weighted by atomic mass is 32.2. The van der Waals surface area contributed by atoms with E-state index in [4.69, 9.17) is 9.47 Å². The molecule has 1 N–H and O–H groups in total. The van der Waals surface area contributed by atoms with Crippen molar-refractivity contribution in [2.75, 3.05) is 17.7 Å². The summed E-state index contributed by atoms with van der Waals surface area (Å²) in [5.74, 6) is 1.27. The van der Waals surface area contributed by atoms with Gasteiger partial charge in [0, 0.05) is 0 Å². The molecule has 0 fully saturated rings. The number of carbonyl (C=O) groups is 1. The number of hydrazone groups is 1. The zero-order valence-corrected chi connectivity index (χ0v) is 19.3. The van der Waals surface area contributed by atoms with Crippen LogP contribution >= 0.6 is 0 Å². The fourth-order valence-electron chi connectivity index (χ4n) is 3.08. The van der Waals surface area contributed by atoms with Crippen molar-refractivity contribution in [3.05, 3.63) is 84.4 Å². The van der Waals surface area contributed by atoms with Gasteiger partial charge in [0.2, 0.25) is 10.0 Å². The first kappa shape index (κ1) is 23.8. The number of anilines is 1. The number of methoxy groups -OCH3 is 1. The van der Waals surface area contributed by atoms with Crippen molar-refractivity contribution < 1.29 is 22.7 Å². The van der Waals surface area contributed by atoms with Crippen LogP contribution in [-0.2, 0) is 14.8 Å². The first-order valence-electron chi connectivity index (χ1n) is 10.1. The molecule has 0 aromatic heterocycles. The van der Waals surface area contributed by atoms with Gasteiger partial charge in [-0.3, -0.25) is 9.10 Å². The number of nitrogens with zero attached hydrogens (tertiary/aromatic N) is 2. The van der Waals surface area contributed by atoms with E-state index in [-0.39, 0.29) is 0 Å². The van der Waals surface area contributed by atoms with Gasteiger partial charge in [-0.25, -0.2) is 13.8 Å². The molecule has 8 nitrogen and oxygen atoms in total. The molecular formula is C24H25N3O5S. The highest BCUT2D eigenvalue weighted by molar-refractivity contribution is 7.92. The Morgan fingerprint density at radius 2 is 1.61 bits per heavy atom. The van der Waals surface area contributed by atoms with Gasteiger partial charge in [0.25, 0.3) is 5.91 Å². The van der Waals surface area contributed by atoms with Gasteiger partial charge in [-0.1, -0.05) is 30.3 Å². The van der Waals surface area contributed by atoms with Crippen LogP contribution in [-0.4, -0.2) is 39.9 Å². The van der Waals surface area contributed by atoms with Crippen molar-refractivity contribution in [3.8, 4) is 17.2 Å². The second kappa shape index (κ2) is 10.6. The highest BCUT2D eigenvalue weighted by Gasteiger charge is 2.29. The summed E-state index contributed by atoms with van der Waals surface area (Å²) in [5, 5.41) is 3.94. The molecule has 9 heteroatoms. The van der Waals surface area contributed by atoms with E-state index in [0.717, 1.165) is 16.1 Å². The molecule has 0 unspecified atom stereocenters. The minimum atomic E-state index is -3.76. The molecule has 0 aliphatic rings. The zero-order valence-electron chi connectivity index (χ0n) is 18.5. The summed E-state index contributed by atoms with van der Waals surface area (Å²) in [7, 11) is -2.20. The van der Waals surface area contributed by atoms with Gasteiger partial charge in [-0.15, -0.1) is 0 Å². The molecule has 3 rings (SSSR count). The summed E-state index contributed by atoms with van der Waals surface area (Å²) in [6.07, 6.45) is 2.50. The number of hydrogen-bond acceptors (Lipinski definition) is 6. The molecule has 0 saturated heterocycles. The van der Waals surface area contributed by atoms with Gasteiger partial charge in [0.15, 0.2) is 0 Å². The Labute approximate surface area is 193 Å². The Kier molecular flexibility index (Phi) is 7.68. The molecule has 0 aliphatic carbocycles. The van der Waals surface area contributed by atoms with Crippen LogP contribution in [0.4, 0.5) is 5.69 Å². The van der Waals surface area contributed by atoms with Crippen LogP contribution in [0.25, 0.3) is 0 Å². The zero-order chi connectivity index (χ0) is 23.8. The minimum absolute atomic E-state index is 0.331. The van der Waals surface area contributed by atoms with E-state index in [0.29, 0.717) is 22.9 Å². The number of ether oxygens (including phenoxy) is 2. The molecule has 3 aromatic rings. The lowest BCUT2D eigenvalue weighted by Crippen LogP contribution is -2.46. The highest BCUT2D eigenvalue weighted by Crippen LogP contribution is 2.26. The summed E-state index contributed by atoms with van der Waals surface area (Å²) in [4.78, 5) is 12.6. The fourth-order valence-corrected chi connectivity index (χ4v) is 4.26. The normalized spacial score (nSPS) is 12.2. The second-order valence-corrected chi connectivity index (χ2v) is 9.01. The van der Waals surface area contributed by atoms with E-state index in [1.54, 1.807) is 55.6 Å². The van der Waals surface area contributed by atoms with Gasteiger partial charge < -0.3 is 9.47 Å². The summed E-state index contributed by atoms with van der Waals surface area (Å²) >= 11 is 0. The monoisotopic (exact) mass is 467 g/mol. The average molecular weight is 468 g/mol. The average Bonchev–Trinajstić information content (AvgIpc) is 2.80. The smallest absolute Gasteiger partial charge is 0.263 e. The molecule has 0 saturated carbocycles. The van der Waals surface area contributed by atoms with Crippen molar-refractivity contribution >= 4 is 27.8 Å². The van der Waals surface area contributed by atoms with Crippen molar-refractivity contribution in [3.63, 3.8) is 0 Å². The molecule has 33 heavy (non-hydrogen) atoms. The van der Waals surface area contributed by atoms with Crippen LogP contribution in [0.15, 0.2) is 84.0 Å². The van der Waals surface area contributed by atoms with Crippen molar-refractivity contribution in [1.29, 1.82) is 0 Å². The molecular weight excluding hydrogens is 442 g/mol. The number of hydrogen-bond donors (Lipinski definition) is 1. The Balaban J connectivity index is 1.72. The van der Waals surface area contributed by atoms with E-state index >= 15 is 0 Å². The predicted octanol–water partition coefficient (Wildman–Crippen LogP) is 3.79. The lowest BCUT2D eigenvalue weighted by atomic mass is 10.2. The predicted molar refractivity (Wildman–Crippen MR) is 128 cm³/mol. The molecule has 3 aromatic carbocycles. The largest absolute Gasteiger partial charge is 0.497 e. The Morgan fingerprint density at radius 3 is 2.24 bits per heavy atom. The molecule has 0 heterocycles. The van der Waals surface area contributed by atoms with Gasteiger partial charge in [0.1, 0.15) is 23.3 Å². The molecule has 1 amide bonds. The third-order valence-corrected chi connectivity index (χ3v) is 5.88. The lowest BCUT2D eigenvalue weighted by Gasteiger charge is -2.27. The maximum Gasteiger partial charge on any atom is 0.263 e. The fraction of sp³-hybridized carbons (Fsp3) is 0.167. The number of amides is 1. The van der Waals surface area contributed by atoms with Crippen LogP contribution in [0, 0.1) is 0 Å². The molecule has 0 radical (unpaired) electrons. The van der Waals surface area contributed by atoms with Gasteiger partial charge in [-0.2, -0.15) is 5.10 Å². The standard InChI is InChI=1S/C24H25N3O5S/c1-18(24(28)26-25-17-19-8-7-11-23(16-19)31-2)27(33(3,29)30)20-12-14-22(15-13-20)32-21-9-5-4-6-10-21/h4-18H,1-3H3,(H,26,28)/b25-17-/t18-/m1/s1. The second-order valence-electron chi connectivity index (χ2n) is 7.15. The van der Waals surface area contributed by atoms with Crippen LogP contribution in [0.2, 0.25) is 0 Å². The SMILES string of the molecule is COc1cccc(/C=N\NC(=O)[C@@H](C)N(c2ccc(Oc3ccccc3)cc2)S(C)(=O)=O)c1. The van der Waals surface area contributed by atoms with Crippen LogP contribution in [0.5, 0.6) is 17.2 Å². The number of nitrogens with one attached hydrogen (secondary N) is 1. The number of rotatable bonds is 9. The Bertz CT molecular complexity index is 1210. The van der Waals surface area contributed by atoms with Gasteiger partial charge in [-0.05, 0) is 61.0 Å². The Hall–Kier alpha value is -3.85. The Morgan fingerprint density at radius 1 is 0.970 bits per heavy atom. The molecule has 0 spiro atoms. The summed E-state index contributed by atoms with van der Waals surface area (Å²) in [5.41, 5.74) is 3.44. The lowest BCUT2D eigenvalue weighted by molar-refractivity contribution is -0.121. The first-order chi connectivity index (χ1) is 15.8. The number of carbonyl (C=O) groups excluding carboxylic acids is 1. The summed E-state index contributed by atoms with van der Waals surface area (Å²) in [6, 6.07) is 21.8. The van der Waals surface area contributed by atoms with Crippen LogP contribution in [0.1, 0.15) is 12.5 Å². The van der Waals surface area contributed by atoms with E-state index in [2.05, 4.69) is 10.5 Å². The maximum atomic E-state index is 12.6. The number of benzene rings is 3. The maximum absolute atomic E-state index is 12.6. The quantitative estimate of drug-likeness (QED) is 0.381. The summed E-state index contributed by atoms with van der Waals surface area (Å²) in [6.45, 7) is 1.49. The third kappa shape index (κ3) is 6.56. The molecule has 0 aliphatic heterocycles. The van der Waals surface area contributed by atoms with Gasteiger partial charge >= 0.3 is 0 Å². The van der Waals surface area contributed by atoms with Crippen LogP contribution in [0.3, 0.4) is 0 Å². The van der Waals surface area contributed by atoms with Crippen molar-refractivity contribution in [1.82, 2.24) is 5.43 Å². The topological polar surface area (TPSA) is 97.3 Å². The third-order valence-electron chi connectivity index (χ3n) is 4.64. The number of para-hydroxylation sites is 1. The van der Waals surface area contributed by atoms with Crippen molar-refractivity contribution in [2.24, 2.45) is 5.10 Å². The first-order valence-corrected chi connectivity index (χ1v) is 11.9. The number of sulfonamides is 1. The van der Waals surface area contributed by atoms with E-state index < -0.39 is 22.0 Å². The van der Waals surface area contributed by atoms with E-state index in [1.807, 2.05) is 30.3 Å². The van der Waals surface area contributed by atoms with E-state index in [1.165, 1.54) is 13.1 Å². The van der Waals surface area contributed by atoms with Crippen molar-refractivity contribution in [2.45, 2.75) is 13.0 Å². The molecule has 172 valence electrons. The van der Waals surface area contributed by atoms with Gasteiger partial charge in [0.05, 0.1) is 25.3 Å². The molecule has 0 bridgehead atoms. The summed E-state index contributed by atoms with van der Waals surface area (Å²) < 4.78 is 36.9. The molecule has 1 atom stereocenters. The van der Waals surface area contributed by atoms with Crippen LogP contribution < -0.4 is 19.2 Å².